The van der Waals surface area contributed by atoms with Crippen molar-refractivity contribution in [1.29, 1.82) is 0 Å². The Labute approximate surface area is 108 Å². The first-order valence-corrected chi connectivity index (χ1v) is 5.78. The number of carboxylic acids is 1. The van der Waals surface area contributed by atoms with Crippen LogP contribution in [0.15, 0.2) is 12.3 Å². The van der Waals surface area contributed by atoms with Crippen LogP contribution in [-0.2, 0) is 0 Å². The van der Waals surface area contributed by atoms with Crippen LogP contribution in [-0.4, -0.2) is 38.7 Å². The van der Waals surface area contributed by atoms with Gasteiger partial charge in [-0.25, -0.2) is 4.79 Å². The molecule has 0 radical (unpaired) electrons. The fraction of sp³-hybridized carbons (Fsp3) is 0.455. The molecule has 8 heteroatoms. The van der Waals surface area contributed by atoms with Crippen LogP contribution in [0.2, 0.25) is 0 Å². The van der Waals surface area contributed by atoms with E-state index in [0.29, 0.717) is 0 Å². The van der Waals surface area contributed by atoms with Gasteiger partial charge in [0.25, 0.3) is 0 Å². The molecule has 1 aromatic heterocycles. The first-order chi connectivity index (χ1) is 8.99. The Kier molecular flexibility index (Phi) is 3.61. The predicted molar refractivity (Wildman–Crippen MR) is 65.1 cm³/mol. The first-order valence-electron chi connectivity index (χ1n) is 5.78. The first kappa shape index (κ1) is 13.2. The van der Waals surface area contributed by atoms with Gasteiger partial charge in [-0.3, -0.25) is 0 Å². The molecule has 1 aliphatic rings. The number of nitrogens with zero attached hydrogens (tertiary/aromatic N) is 2. The largest absolute Gasteiger partial charge is 0.478 e. The lowest BCUT2D eigenvalue weighted by Gasteiger charge is -2.12. The molecule has 1 heterocycles. The van der Waals surface area contributed by atoms with Gasteiger partial charge in [0.15, 0.2) is 6.20 Å². The van der Waals surface area contributed by atoms with Gasteiger partial charge in [-0.15, -0.1) is 0 Å². The van der Waals surface area contributed by atoms with Gasteiger partial charge in [0, 0.05) is 6.54 Å². The number of nitro groups is 1. The number of carbonyl (C=O) groups is 1. The van der Waals surface area contributed by atoms with E-state index in [9.17, 15) is 20.0 Å². The van der Waals surface area contributed by atoms with Crippen molar-refractivity contribution in [3.8, 4) is 0 Å². The van der Waals surface area contributed by atoms with E-state index < -0.39 is 22.8 Å². The average molecular weight is 267 g/mol. The number of hydrogen-bond acceptors (Lipinski definition) is 6. The molecule has 1 aliphatic carbocycles. The molecule has 19 heavy (non-hydrogen) atoms. The highest BCUT2D eigenvalue weighted by atomic mass is 16.6. The number of rotatable bonds is 6. The topological polar surface area (TPSA) is 126 Å². The van der Waals surface area contributed by atoms with E-state index >= 15 is 0 Å². The number of nitrogens with one attached hydrogen (secondary N) is 1. The van der Waals surface area contributed by atoms with E-state index in [4.69, 9.17) is 5.11 Å². The molecule has 3 N–H and O–H groups in total. The zero-order valence-electron chi connectivity index (χ0n) is 9.94. The summed E-state index contributed by atoms with van der Waals surface area (Å²) >= 11 is 0. The molecule has 1 aromatic rings. The second-order valence-corrected chi connectivity index (χ2v) is 4.44. The minimum atomic E-state index is -1.28. The summed E-state index contributed by atoms with van der Waals surface area (Å²) in [7, 11) is 0. The minimum absolute atomic E-state index is 0.165. The molecule has 1 saturated carbocycles. The van der Waals surface area contributed by atoms with Gasteiger partial charge in [-0.2, -0.15) is 0 Å². The molecule has 0 aromatic carbocycles. The highest BCUT2D eigenvalue weighted by Crippen LogP contribution is 2.32. The van der Waals surface area contributed by atoms with Crippen molar-refractivity contribution in [3.63, 3.8) is 0 Å². The van der Waals surface area contributed by atoms with Gasteiger partial charge >= 0.3 is 11.8 Å². The lowest BCUT2D eigenvalue weighted by Crippen LogP contribution is -2.22. The Balaban J connectivity index is 2.13. The Morgan fingerprint density at radius 2 is 2.32 bits per heavy atom. The smallest absolute Gasteiger partial charge is 0.364 e. The van der Waals surface area contributed by atoms with Gasteiger partial charge in [0.1, 0.15) is 0 Å². The van der Waals surface area contributed by atoms with Crippen LogP contribution in [0.1, 0.15) is 23.2 Å². The van der Waals surface area contributed by atoms with E-state index in [1.54, 1.807) is 0 Å². The summed E-state index contributed by atoms with van der Waals surface area (Å²) < 4.78 is 0. The lowest BCUT2D eigenvalue weighted by atomic mass is 10.2. The summed E-state index contributed by atoms with van der Waals surface area (Å²) in [6.07, 6.45) is 2.48. The van der Waals surface area contributed by atoms with Crippen molar-refractivity contribution >= 4 is 17.5 Å². The van der Waals surface area contributed by atoms with Gasteiger partial charge in [-0.05, 0) is 28.7 Å². The third kappa shape index (κ3) is 3.16. The monoisotopic (exact) mass is 267 g/mol. The van der Waals surface area contributed by atoms with Crippen LogP contribution in [0.5, 0.6) is 0 Å². The number of hydrogen-bond donors (Lipinski definition) is 3. The number of pyridine rings is 1. The standard InChI is InChI=1S/C11H13N3O5/c15-9(6-1-2-6)5-12-8-4-13-10(14(18)19)3-7(8)11(16)17/h3-4,6,9,12,15H,1-2,5H2,(H,16,17). The van der Waals surface area contributed by atoms with Crippen LogP contribution in [0.4, 0.5) is 11.5 Å². The zero-order valence-corrected chi connectivity index (χ0v) is 9.94. The maximum absolute atomic E-state index is 11.0. The molecule has 8 nitrogen and oxygen atoms in total. The lowest BCUT2D eigenvalue weighted by molar-refractivity contribution is -0.389. The predicted octanol–water partition coefficient (Wildman–Crippen LogP) is 0.871. The third-order valence-corrected chi connectivity index (χ3v) is 2.97. The van der Waals surface area contributed by atoms with Crippen LogP contribution in [0.25, 0.3) is 0 Å². The van der Waals surface area contributed by atoms with Crippen molar-refractivity contribution in [2.75, 3.05) is 11.9 Å². The average Bonchev–Trinajstić information content (AvgIpc) is 3.19. The highest BCUT2D eigenvalue weighted by Gasteiger charge is 2.29. The van der Waals surface area contributed by atoms with Crippen LogP contribution in [0, 0.1) is 16.0 Å². The fourth-order valence-corrected chi connectivity index (χ4v) is 1.72. The summed E-state index contributed by atoms with van der Waals surface area (Å²) in [5.74, 6) is -1.55. The van der Waals surface area contributed by atoms with Crippen LogP contribution >= 0.6 is 0 Å². The Morgan fingerprint density at radius 1 is 1.63 bits per heavy atom. The van der Waals surface area contributed by atoms with Gasteiger partial charge < -0.3 is 25.6 Å². The summed E-state index contributed by atoms with van der Waals surface area (Å²) in [5.41, 5.74) is -0.0671. The van der Waals surface area contributed by atoms with E-state index in [1.165, 1.54) is 0 Å². The third-order valence-electron chi connectivity index (χ3n) is 2.97. The number of aliphatic hydroxyl groups is 1. The summed E-state index contributed by atoms with van der Waals surface area (Å²) in [6, 6.07) is 0.897. The van der Waals surface area contributed by atoms with Gasteiger partial charge in [0.05, 0.1) is 23.4 Å². The normalized spacial score (nSPS) is 15.8. The summed E-state index contributed by atoms with van der Waals surface area (Å²) in [4.78, 5) is 24.4. The van der Waals surface area contributed by atoms with Crippen LogP contribution in [0.3, 0.4) is 0 Å². The Bertz CT molecular complexity index is 515. The Hall–Kier alpha value is -2.22. The molecule has 0 spiro atoms. The fourth-order valence-electron chi connectivity index (χ4n) is 1.72. The number of aromatic carboxylic acids is 1. The molecule has 1 fully saturated rings. The molecule has 0 amide bonds. The summed E-state index contributed by atoms with van der Waals surface area (Å²) in [6.45, 7) is 0.199. The highest BCUT2D eigenvalue weighted by molar-refractivity contribution is 5.94. The molecule has 0 bridgehead atoms. The quantitative estimate of drug-likeness (QED) is 0.515. The number of aromatic nitrogens is 1. The van der Waals surface area contributed by atoms with Crippen molar-refractivity contribution in [3.05, 3.63) is 27.9 Å². The minimum Gasteiger partial charge on any atom is -0.478 e. The Morgan fingerprint density at radius 3 is 2.84 bits per heavy atom. The second kappa shape index (κ2) is 5.19. The van der Waals surface area contributed by atoms with Crippen molar-refractivity contribution in [2.24, 2.45) is 5.92 Å². The molecule has 0 saturated heterocycles. The van der Waals surface area contributed by atoms with Gasteiger partial charge in [0.2, 0.25) is 0 Å². The van der Waals surface area contributed by atoms with Crippen LogP contribution < -0.4 is 5.32 Å². The molecule has 1 unspecified atom stereocenters. The SMILES string of the molecule is O=C(O)c1cc([N+](=O)[O-])ncc1NCC(O)C1CC1. The molecule has 0 aliphatic heterocycles. The van der Waals surface area contributed by atoms with Crippen molar-refractivity contribution < 1.29 is 19.9 Å². The number of anilines is 1. The number of carboxylic acid groups (broad SMARTS) is 1. The maximum Gasteiger partial charge on any atom is 0.364 e. The molecule has 2 rings (SSSR count). The number of aliphatic hydroxyl groups excluding tert-OH is 1. The van der Waals surface area contributed by atoms with E-state index in [0.717, 1.165) is 25.1 Å². The summed E-state index contributed by atoms with van der Waals surface area (Å²) in [5, 5.41) is 32.0. The molecular weight excluding hydrogens is 254 g/mol. The van der Waals surface area contributed by atoms with Crippen molar-refractivity contribution in [1.82, 2.24) is 4.98 Å². The van der Waals surface area contributed by atoms with Crippen molar-refractivity contribution in [2.45, 2.75) is 18.9 Å². The molecule has 1 atom stereocenters. The van der Waals surface area contributed by atoms with E-state index in [2.05, 4.69) is 10.3 Å². The molecular formula is C11H13N3O5. The zero-order chi connectivity index (χ0) is 14.0. The van der Waals surface area contributed by atoms with Gasteiger partial charge in [-0.1, -0.05) is 0 Å². The van der Waals surface area contributed by atoms with E-state index in [-0.39, 0.29) is 23.7 Å². The van der Waals surface area contributed by atoms with E-state index in [1.807, 2.05) is 0 Å². The second-order valence-electron chi connectivity index (χ2n) is 4.44. The molecule has 102 valence electrons. The maximum atomic E-state index is 11.0.